The number of unbranched alkanes of at least 4 members (excludes halogenated alkanes) is 1. The van der Waals surface area contributed by atoms with Gasteiger partial charge >= 0.3 is 0 Å². The van der Waals surface area contributed by atoms with E-state index in [0.29, 0.717) is 17.1 Å². The van der Waals surface area contributed by atoms with E-state index in [1.54, 1.807) is 0 Å². The second-order valence-electron chi connectivity index (χ2n) is 6.38. The SMILES string of the molecule is Cc1nc2ccc(Cl)cc2cc1C(=O)NCCCCN1CCOCC1. The molecule has 0 aliphatic carbocycles. The average molecular weight is 362 g/mol. The summed E-state index contributed by atoms with van der Waals surface area (Å²) in [6, 6.07) is 7.39. The van der Waals surface area contributed by atoms with E-state index < -0.39 is 0 Å². The number of pyridine rings is 1. The van der Waals surface area contributed by atoms with Crippen LogP contribution < -0.4 is 5.32 Å². The number of ether oxygens (including phenoxy) is 1. The zero-order valence-corrected chi connectivity index (χ0v) is 15.3. The lowest BCUT2D eigenvalue weighted by molar-refractivity contribution is 0.0372. The Kier molecular flexibility index (Phi) is 6.24. The zero-order valence-electron chi connectivity index (χ0n) is 14.6. The Morgan fingerprint density at radius 1 is 1.28 bits per heavy atom. The van der Waals surface area contributed by atoms with Crippen LogP contribution in [0.4, 0.5) is 0 Å². The number of benzene rings is 1. The van der Waals surface area contributed by atoms with Crippen LogP contribution in [0, 0.1) is 6.92 Å². The highest BCUT2D eigenvalue weighted by molar-refractivity contribution is 6.31. The van der Waals surface area contributed by atoms with Crippen LogP contribution in [-0.4, -0.2) is 55.2 Å². The van der Waals surface area contributed by atoms with Gasteiger partial charge in [-0.05, 0) is 50.6 Å². The Morgan fingerprint density at radius 3 is 2.88 bits per heavy atom. The molecule has 0 spiro atoms. The molecule has 6 heteroatoms. The Bertz CT molecular complexity index is 745. The number of carbonyl (C=O) groups excluding carboxylic acids is 1. The highest BCUT2D eigenvalue weighted by Crippen LogP contribution is 2.20. The van der Waals surface area contributed by atoms with E-state index in [2.05, 4.69) is 15.2 Å². The van der Waals surface area contributed by atoms with E-state index in [-0.39, 0.29) is 5.91 Å². The molecule has 3 rings (SSSR count). The molecule has 1 fully saturated rings. The van der Waals surface area contributed by atoms with Crippen molar-refractivity contribution in [3.63, 3.8) is 0 Å². The summed E-state index contributed by atoms with van der Waals surface area (Å²) < 4.78 is 5.34. The summed E-state index contributed by atoms with van der Waals surface area (Å²) in [6.07, 6.45) is 2.04. The Hall–Kier alpha value is -1.69. The molecule has 0 bridgehead atoms. The number of hydrogen-bond donors (Lipinski definition) is 1. The summed E-state index contributed by atoms with van der Waals surface area (Å²) in [6.45, 7) is 7.28. The molecule has 1 N–H and O–H groups in total. The number of aryl methyl sites for hydroxylation is 1. The third kappa shape index (κ3) is 4.91. The molecular formula is C19H24ClN3O2. The first-order chi connectivity index (χ1) is 12.1. The van der Waals surface area contributed by atoms with Crippen molar-refractivity contribution < 1.29 is 9.53 Å². The zero-order chi connectivity index (χ0) is 17.6. The van der Waals surface area contributed by atoms with Gasteiger partial charge in [-0.1, -0.05) is 11.6 Å². The summed E-state index contributed by atoms with van der Waals surface area (Å²) >= 11 is 6.03. The van der Waals surface area contributed by atoms with Crippen LogP contribution in [-0.2, 0) is 4.74 Å². The lowest BCUT2D eigenvalue weighted by atomic mass is 10.1. The first kappa shape index (κ1) is 18.1. The van der Waals surface area contributed by atoms with E-state index in [9.17, 15) is 4.79 Å². The van der Waals surface area contributed by atoms with Crippen LogP contribution in [0.1, 0.15) is 28.9 Å². The smallest absolute Gasteiger partial charge is 0.253 e. The molecule has 5 nitrogen and oxygen atoms in total. The van der Waals surface area contributed by atoms with Crippen molar-refractivity contribution in [3.8, 4) is 0 Å². The van der Waals surface area contributed by atoms with E-state index in [4.69, 9.17) is 16.3 Å². The predicted molar refractivity (Wildman–Crippen MR) is 100 cm³/mol. The van der Waals surface area contributed by atoms with Crippen LogP contribution in [0.5, 0.6) is 0 Å². The molecule has 1 aromatic heterocycles. The molecule has 1 saturated heterocycles. The van der Waals surface area contributed by atoms with Crippen molar-refractivity contribution in [1.29, 1.82) is 0 Å². The molecule has 1 aromatic carbocycles. The second-order valence-corrected chi connectivity index (χ2v) is 6.81. The fourth-order valence-corrected chi connectivity index (χ4v) is 3.24. The van der Waals surface area contributed by atoms with Crippen molar-refractivity contribution in [2.45, 2.75) is 19.8 Å². The number of rotatable bonds is 6. The van der Waals surface area contributed by atoms with Crippen LogP contribution in [0.2, 0.25) is 5.02 Å². The molecule has 25 heavy (non-hydrogen) atoms. The van der Waals surface area contributed by atoms with Gasteiger partial charge in [-0.2, -0.15) is 0 Å². The van der Waals surface area contributed by atoms with Crippen LogP contribution in [0.15, 0.2) is 24.3 Å². The van der Waals surface area contributed by atoms with Crippen LogP contribution in [0.3, 0.4) is 0 Å². The van der Waals surface area contributed by atoms with Gasteiger partial charge in [0.25, 0.3) is 5.91 Å². The molecule has 1 amide bonds. The summed E-state index contributed by atoms with van der Waals surface area (Å²) in [4.78, 5) is 19.4. The molecule has 0 radical (unpaired) electrons. The molecule has 134 valence electrons. The number of aromatic nitrogens is 1. The molecule has 0 unspecified atom stereocenters. The van der Waals surface area contributed by atoms with Crippen molar-refractivity contribution in [2.24, 2.45) is 0 Å². The van der Waals surface area contributed by atoms with E-state index in [0.717, 1.165) is 62.3 Å². The number of halogens is 1. The van der Waals surface area contributed by atoms with Crippen molar-refractivity contribution in [1.82, 2.24) is 15.2 Å². The van der Waals surface area contributed by atoms with Gasteiger partial charge in [0.15, 0.2) is 0 Å². The van der Waals surface area contributed by atoms with Gasteiger partial charge in [-0.3, -0.25) is 14.7 Å². The highest BCUT2D eigenvalue weighted by Gasteiger charge is 2.12. The van der Waals surface area contributed by atoms with Crippen LogP contribution in [0.25, 0.3) is 10.9 Å². The third-order valence-corrected chi connectivity index (χ3v) is 4.74. The number of hydrogen-bond acceptors (Lipinski definition) is 4. The Labute approximate surface area is 153 Å². The maximum absolute atomic E-state index is 12.4. The lowest BCUT2D eigenvalue weighted by Crippen LogP contribution is -2.37. The van der Waals surface area contributed by atoms with E-state index in [1.807, 2.05) is 31.2 Å². The van der Waals surface area contributed by atoms with Gasteiger partial charge in [-0.15, -0.1) is 0 Å². The third-order valence-electron chi connectivity index (χ3n) is 4.50. The summed E-state index contributed by atoms with van der Waals surface area (Å²) in [7, 11) is 0. The minimum absolute atomic E-state index is 0.0711. The van der Waals surface area contributed by atoms with E-state index >= 15 is 0 Å². The monoisotopic (exact) mass is 361 g/mol. The number of amides is 1. The summed E-state index contributed by atoms with van der Waals surface area (Å²) in [5.74, 6) is -0.0711. The van der Waals surface area contributed by atoms with Gasteiger partial charge in [0.05, 0.1) is 30.0 Å². The first-order valence-corrected chi connectivity index (χ1v) is 9.16. The Morgan fingerprint density at radius 2 is 2.08 bits per heavy atom. The quantitative estimate of drug-likeness (QED) is 0.803. The molecule has 0 atom stereocenters. The average Bonchev–Trinajstić information content (AvgIpc) is 2.62. The van der Waals surface area contributed by atoms with Gasteiger partial charge < -0.3 is 10.1 Å². The summed E-state index contributed by atoms with van der Waals surface area (Å²) in [5.41, 5.74) is 2.20. The second kappa shape index (κ2) is 8.61. The maximum atomic E-state index is 12.4. The van der Waals surface area contributed by atoms with Crippen LogP contribution >= 0.6 is 11.6 Å². The number of morpholine rings is 1. The molecule has 1 aliphatic heterocycles. The fourth-order valence-electron chi connectivity index (χ4n) is 3.06. The number of carbonyl (C=O) groups is 1. The molecule has 2 aromatic rings. The lowest BCUT2D eigenvalue weighted by Gasteiger charge is -2.26. The van der Waals surface area contributed by atoms with Gasteiger partial charge in [0.1, 0.15) is 0 Å². The standard InChI is InChI=1S/C19H24ClN3O2/c1-14-17(13-15-12-16(20)4-5-18(15)22-14)19(24)21-6-2-3-7-23-8-10-25-11-9-23/h4-5,12-13H,2-3,6-11H2,1H3,(H,21,24). The van der Waals surface area contributed by atoms with Gasteiger partial charge in [0.2, 0.25) is 0 Å². The van der Waals surface area contributed by atoms with Gasteiger partial charge in [0, 0.05) is 30.0 Å². The molecule has 2 heterocycles. The highest BCUT2D eigenvalue weighted by atomic mass is 35.5. The summed E-state index contributed by atoms with van der Waals surface area (Å²) in [5, 5.41) is 4.53. The van der Waals surface area contributed by atoms with Gasteiger partial charge in [-0.25, -0.2) is 0 Å². The minimum atomic E-state index is -0.0711. The largest absolute Gasteiger partial charge is 0.379 e. The number of fused-ring (bicyclic) bond motifs is 1. The Balaban J connectivity index is 1.50. The predicted octanol–water partition coefficient (Wildman–Crippen LogP) is 3.04. The number of nitrogens with one attached hydrogen (secondary N) is 1. The molecule has 1 aliphatic rings. The first-order valence-electron chi connectivity index (χ1n) is 8.79. The van der Waals surface area contributed by atoms with Crippen molar-refractivity contribution in [2.75, 3.05) is 39.4 Å². The minimum Gasteiger partial charge on any atom is -0.379 e. The van der Waals surface area contributed by atoms with Crippen molar-refractivity contribution >= 4 is 28.4 Å². The molecular weight excluding hydrogens is 338 g/mol. The molecule has 0 saturated carbocycles. The number of nitrogens with zero attached hydrogens (tertiary/aromatic N) is 2. The fraction of sp³-hybridized carbons (Fsp3) is 0.474. The topological polar surface area (TPSA) is 54.5 Å². The van der Waals surface area contributed by atoms with E-state index in [1.165, 1.54) is 0 Å². The maximum Gasteiger partial charge on any atom is 0.253 e. The van der Waals surface area contributed by atoms with Crippen molar-refractivity contribution in [3.05, 3.63) is 40.5 Å². The normalized spacial score (nSPS) is 15.4.